The van der Waals surface area contributed by atoms with Crippen molar-refractivity contribution in [1.82, 2.24) is 20.1 Å². The standard InChI is InChI=1S/C25H16Cl2F7N5OS/c26-16-3-6-19(27)20(10-16)39-21(37-38-23(39)41-12-13-1-4-17(28)5-2-13)11-35-22(40)36-18-8-14(24(29,30)31)7-15(9-18)25(32,33)34/h1-10H,11-12H2,(H2,35,36,40). The second kappa shape index (κ2) is 12.2. The number of thioether (sulfide) groups is 1. The summed E-state index contributed by atoms with van der Waals surface area (Å²) in [6.07, 6.45) is -10.2. The Morgan fingerprint density at radius 2 is 1.51 bits per heavy atom. The molecule has 3 aromatic carbocycles. The molecule has 0 bridgehead atoms. The summed E-state index contributed by atoms with van der Waals surface area (Å²) in [5, 5.41) is 13.4. The summed E-state index contributed by atoms with van der Waals surface area (Å²) >= 11 is 13.7. The van der Waals surface area contributed by atoms with Crippen LogP contribution in [0.5, 0.6) is 0 Å². The zero-order valence-corrected chi connectivity index (χ0v) is 22.6. The van der Waals surface area contributed by atoms with Gasteiger partial charge in [-0.1, -0.05) is 47.1 Å². The third-order valence-electron chi connectivity index (χ3n) is 5.38. The lowest BCUT2D eigenvalue weighted by molar-refractivity contribution is -0.143. The maximum absolute atomic E-state index is 13.3. The number of anilines is 1. The van der Waals surface area contributed by atoms with E-state index >= 15 is 0 Å². The van der Waals surface area contributed by atoms with Crippen molar-refractivity contribution in [3.63, 3.8) is 0 Å². The summed E-state index contributed by atoms with van der Waals surface area (Å²) in [7, 11) is 0. The molecule has 0 radical (unpaired) electrons. The van der Waals surface area contributed by atoms with E-state index in [9.17, 15) is 35.5 Å². The molecule has 41 heavy (non-hydrogen) atoms. The van der Waals surface area contributed by atoms with Crippen molar-refractivity contribution in [3.8, 4) is 5.69 Å². The molecule has 6 nitrogen and oxygen atoms in total. The number of carbonyl (C=O) groups is 1. The first-order valence-electron chi connectivity index (χ1n) is 11.3. The molecule has 2 amide bonds. The number of carbonyl (C=O) groups excluding carboxylic acids is 1. The number of nitrogens with zero attached hydrogens (tertiary/aromatic N) is 3. The molecule has 1 heterocycles. The first kappa shape index (κ1) is 30.5. The fourth-order valence-corrected chi connectivity index (χ4v) is 4.79. The van der Waals surface area contributed by atoms with E-state index in [0.29, 0.717) is 33.8 Å². The van der Waals surface area contributed by atoms with Crippen LogP contribution >= 0.6 is 35.0 Å². The molecule has 16 heteroatoms. The summed E-state index contributed by atoms with van der Waals surface area (Å²) in [6, 6.07) is 9.94. The van der Waals surface area contributed by atoms with E-state index in [0.717, 1.165) is 5.56 Å². The van der Waals surface area contributed by atoms with Gasteiger partial charge in [-0.15, -0.1) is 10.2 Å². The molecule has 0 aliphatic carbocycles. The Bertz CT molecular complexity index is 1530. The Hall–Kier alpha value is -3.49. The number of nitrogens with one attached hydrogen (secondary N) is 2. The molecule has 0 atom stereocenters. The van der Waals surface area contributed by atoms with E-state index < -0.39 is 41.0 Å². The molecule has 0 fully saturated rings. The molecule has 1 aromatic heterocycles. The highest BCUT2D eigenvalue weighted by Gasteiger charge is 2.37. The molecule has 0 aliphatic heterocycles. The van der Waals surface area contributed by atoms with Gasteiger partial charge in [0.15, 0.2) is 11.0 Å². The number of hydrogen-bond acceptors (Lipinski definition) is 4. The first-order chi connectivity index (χ1) is 19.2. The van der Waals surface area contributed by atoms with E-state index in [-0.39, 0.29) is 23.5 Å². The lowest BCUT2D eigenvalue weighted by atomic mass is 10.1. The van der Waals surface area contributed by atoms with Crippen LogP contribution < -0.4 is 10.6 Å². The van der Waals surface area contributed by atoms with Crippen LogP contribution in [-0.4, -0.2) is 20.8 Å². The van der Waals surface area contributed by atoms with Gasteiger partial charge < -0.3 is 10.6 Å². The molecule has 0 aliphatic rings. The second-order valence-corrected chi connectivity index (χ2v) is 10.1. The first-order valence-corrected chi connectivity index (χ1v) is 13.1. The molecule has 0 unspecified atom stereocenters. The van der Waals surface area contributed by atoms with Gasteiger partial charge in [0.05, 0.1) is 28.4 Å². The van der Waals surface area contributed by atoms with Crippen molar-refractivity contribution in [2.24, 2.45) is 0 Å². The van der Waals surface area contributed by atoms with Gasteiger partial charge >= 0.3 is 18.4 Å². The average Bonchev–Trinajstić information content (AvgIpc) is 3.30. The van der Waals surface area contributed by atoms with E-state index in [4.69, 9.17) is 23.2 Å². The van der Waals surface area contributed by atoms with E-state index in [2.05, 4.69) is 15.5 Å². The minimum absolute atomic E-state index is 0.0502. The Balaban J connectivity index is 1.57. The number of amides is 2. The maximum atomic E-state index is 13.3. The van der Waals surface area contributed by atoms with Crippen LogP contribution in [0.15, 0.2) is 65.8 Å². The summed E-state index contributed by atoms with van der Waals surface area (Å²) in [6.45, 7) is -0.357. The lowest BCUT2D eigenvalue weighted by Gasteiger charge is -2.15. The van der Waals surface area contributed by atoms with Gasteiger partial charge in [-0.25, -0.2) is 9.18 Å². The lowest BCUT2D eigenvalue weighted by Crippen LogP contribution is -2.29. The van der Waals surface area contributed by atoms with Crippen LogP contribution in [0.2, 0.25) is 10.0 Å². The highest BCUT2D eigenvalue weighted by atomic mass is 35.5. The molecule has 4 rings (SSSR count). The maximum Gasteiger partial charge on any atom is 0.416 e. The molecular formula is C25H16Cl2F7N5OS. The predicted molar refractivity (Wildman–Crippen MR) is 140 cm³/mol. The third-order valence-corrected chi connectivity index (χ3v) is 6.94. The van der Waals surface area contributed by atoms with Gasteiger partial charge in [-0.3, -0.25) is 4.57 Å². The third kappa shape index (κ3) is 7.83. The van der Waals surface area contributed by atoms with Crippen LogP contribution in [0.25, 0.3) is 5.69 Å². The minimum Gasteiger partial charge on any atom is -0.331 e. The van der Waals surface area contributed by atoms with Gasteiger partial charge in [-0.05, 0) is 54.1 Å². The van der Waals surface area contributed by atoms with E-state index in [1.165, 1.54) is 40.6 Å². The van der Waals surface area contributed by atoms with Gasteiger partial charge in [-0.2, -0.15) is 26.3 Å². The molecule has 2 N–H and O–H groups in total. The highest BCUT2D eigenvalue weighted by Crippen LogP contribution is 2.37. The van der Waals surface area contributed by atoms with Crippen molar-refractivity contribution in [2.75, 3.05) is 5.32 Å². The highest BCUT2D eigenvalue weighted by molar-refractivity contribution is 7.98. The van der Waals surface area contributed by atoms with Gasteiger partial charge in [0.2, 0.25) is 0 Å². The average molecular weight is 638 g/mol. The van der Waals surface area contributed by atoms with Crippen molar-refractivity contribution in [2.45, 2.75) is 29.8 Å². The number of halogens is 9. The largest absolute Gasteiger partial charge is 0.416 e. The van der Waals surface area contributed by atoms with Crippen LogP contribution in [-0.2, 0) is 24.7 Å². The van der Waals surface area contributed by atoms with Gasteiger partial charge in [0.25, 0.3) is 0 Å². The van der Waals surface area contributed by atoms with Crippen molar-refractivity contribution < 1.29 is 35.5 Å². The molecule has 0 spiro atoms. The minimum atomic E-state index is -5.08. The fraction of sp³-hybridized carbons (Fsp3) is 0.160. The van der Waals surface area contributed by atoms with Crippen LogP contribution in [0.4, 0.5) is 41.2 Å². The number of urea groups is 1. The fourth-order valence-electron chi connectivity index (χ4n) is 3.50. The Morgan fingerprint density at radius 3 is 2.12 bits per heavy atom. The van der Waals surface area contributed by atoms with E-state index in [1.807, 2.05) is 5.32 Å². The van der Waals surface area contributed by atoms with Crippen LogP contribution in [0.3, 0.4) is 0 Å². The Labute approximate surface area is 241 Å². The normalized spacial score (nSPS) is 11.9. The topological polar surface area (TPSA) is 71.8 Å². The second-order valence-electron chi connectivity index (χ2n) is 8.35. The van der Waals surface area contributed by atoms with Crippen molar-refractivity contribution in [1.29, 1.82) is 0 Å². The summed E-state index contributed by atoms with van der Waals surface area (Å²) in [5.74, 6) is 0.0617. The Morgan fingerprint density at radius 1 is 0.878 bits per heavy atom. The van der Waals surface area contributed by atoms with Gasteiger partial charge in [0.1, 0.15) is 5.82 Å². The van der Waals surface area contributed by atoms with E-state index in [1.54, 1.807) is 18.2 Å². The number of benzene rings is 3. The SMILES string of the molecule is O=C(NCc1nnc(SCc2ccc(F)cc2)n1-c1cc(Cl)ccc1Cl)Nc1cc(C(F)(F)F)cc(C(F)(F)F)c1. The predicted octanol–water partition coefficient (Wildman–Crippen LogP) is 8.36. The monoisotopic (exact) mass is 637 g/mol. The van der Waals surface area contributed by atoms with Crippen molar-refractivity contribution >= 4 is 46.7 Å². The number of hydrogen-bond donors (Lipinski definition) is 2. The smallest absolute Gasteiger partial charge is 0.331 e. The summed E-state index contributed by atoms with van der Waals surface area (Å²) in [5.41, 5.74) is -2.78. The zero-order valence-electron chi connectivity index (χ0n) is 20.2. The van der Waals surface area contributed by atoms with Crippen LogP contribution in [0.1, 0.15) is 22.5 Å². The Kier molecular flexibility index (Phi) is 9.04. The molecule has 216 valence electrons. The van der Waals surface area contributed by atoms with Crippen LogP contribution in [0, 0.1) is 5.82 Å². The number of aromatic nitrogens is 3. The molecule has 0 saturated carbocycles. The summed E-state index contributed by atoms with van der Waals surface area (Å²) in [4.78, 5) is 12.5. The summed E-state index contributed by atoms with van der Waals surface area (Å²) < 4.78 is 93.6. The number of alkyl halides is 6. The molecule has 4 aromatic rings. The zero-order chi connectivity index (χ0) is 29.9. The molecular weight excluding hydrogens is 622 g/mol. The molecule has 0 saturated heterocycles. The number of rotatable bonds is 7. The quantitative estimate of drug-likeness (QED) is 0.158. The van der Waals surface area contributed by atoms with Crippen molar-refractivity contribution in [3.05, 3.63) is 99.0 Å². The van der Waals surface area contributed by atoms with Gasteiger partial charge in [0, 0.05) is 16.5 Å².